The molecule has 0 aliphatic carbocycles. The Morgan fingerprint density at radius 1 is 1.03 bits per heavy atom. The zero-order valence-corrected chi connectivity index (χ0v) is 17.5. The van der Waals surface area contributed by atoms with Gasteiger partial charge in [-0.25, -0.2) is 4.98 Å². The van der Waals surface area contributed by atoms with E-state index in [1.807, 2.05) is 37.3 Å². The summed E-state index contributed by atoms with van der Waals surface area (Å²) in [4.78, 5) is 20.6. The standard InChI is InChI=1S/C22H22ClN3O4/c1-3-29-20-7-5-17(23)21(26-20)22(27)25-13-16-4-6-18(19(12-16)28-2)30-14-15-8-10-24-11-9-15/h4-12H,3,13-14H2,1-2H3,(H,25,27). The van der Waals surface area contributed by atoms with Crippen LogP contribution in [0.5, 0.6) is 17.4 Å². The van der Waals surface area contributed by atoms with Gasteiger partial charge in [0.25, 0.3) is 5.91 Å². The second-order valence-electron chi connectivity index (χ2n) is 6.22. The van der Waals surface area contributed by atoms with Crippen molar-refractivity contribution in [2.45, 2.75) is 20.1 Å². The van der Waals surface area contributed by atoms with Gasteiger partial charge in [-0.05, 0) is 48.4 Å². The Hall–Kier alpha value is -3.32. The van der Waals surface area contributed by atoms with Crippen LogP contribution < -0.4 is 19.5 Å². The summed E-state index contributed by atoms with van der Waals surface area (Å²) in [5.74, 6) is 1.15. The maximum atomic E-state index is 12.5. The Bertz CT molecular complexity index is 999. The predicted octanol–water partition coefficient (Wildman–Crippen LogP) is 4.05. The van der Waals surface area contributed by atoms with Crippen molar-refractivity contribution < 1.29 is 19.0 Å². The highest BCUT2D eigenvalue weighted by molar-refractivity contribution is 6.33. The minimum atomic E-state index is -0.390. The molecule has 0 spiro atoms. The first kappa shape index (κ1) is 21.4. The van der Waals surface area contributed by atoms with E-state index in [-0.39, 0.29) is 17.3 Å². The van der Waals surface area contributed by atoms with E-state index in [1.54, 1.807) is 31.6 Å². The second kappa shape index (κ2) is 10.5. The predicted molar refractivity (Wildman–Crippen MR) is 113 cm³/mol. The largest absolute Gasteiger partial charge is 0.493 e. The highest BCUT2D eigenvalue weighted by Crippen LogP contribution is 2.29. The van der Waals surface area contributed by atoms with Crippen LogP contribution in [0.25, 0.3) is 0 Å². The van der Waals surface area contributed by atoms with Gasteiger partial charge in [-0.2, -0.15) is 0 Å². The number of methoxy groups -OCH3 is 1. The molecular formula is C22H22ClN3O4. The number of amides is 1. The van der Waals surface area contributed by atoms with Gasteiger partial charge in [0.2, 0.25) is 5.88 Å². The summed E-state index contributed by atoms with van der Waals surface area (Å²) in [6.45, 7) is 2.96. The molecular weight excluding hydrogens is 406 g/mol. The molecule has 1 N–H and O–H groups in total. The maximum absolute atomic E-state index is 12.5. The van der Waals surface area contributed by atoms with E-state index in [1.165, 1.54) is 0 Å². The summed E-state index contributed by atoms with van der Waals surface area (Å²) in [6.07, 6.45) is 3.43. The van der Waals surface area contributed by atoms with Gasteiger partial charge >= 0.3 is 0 Å². The lowest BCUT2D eigenvalue weighted by Crippen LogP contribution is -2.24. The van der Waals surface area contributed by atoms with Crippen molar-refractivity contribution in [2.75, 3.05) is 13.7 Å². The number of rotatable bonds is 9. The zero-order chi connectivity index (χ0) is 21.3. The minimum Gasteiger partial charge on any atom is -0.493 e. The Balaban J connectivity index is 1.64. The normalized spacial score (nSPS) is 10.4. The first-order valence-electron chi connectivity index (χ1n) is 9.37. The van der Waals surface area contributed by atoms with Crippen molar-refractivity contribution in [3.05, 3.63) is 76.7 Å². The third kappa shape index (κ3) is 5.61. The Morgan fingerprint density at radius 2 is 1.83 bits per heavy atom. The van der Waals surface area contributed by atoms with E-state index in [0.29, 0.717) is 30.6 Å². The molecule has 0 bridgehead atoms. The number of halogens is 1. The third-order valence-corrected chi connectivity index (χ3v) is 4.46. The van der Waals surface area contributed by atoms with Crippen molar-refractivity contribution >= 4 is 17.5 Å². The lowest BCUT2D eigenvalue weighted by Gasteiger charge is -2.13. The molecule has 1 aromatic carbocycles. The Morgan fingerprint density at radius 3 is 2.57 bits per heavy atom. The average Bonchev–Trinajstić information content (AvgIpc) is 2.78. The van der Waals surface area contributed by atoms with Crippen molar-refractivity contribution in [1.82, 2.24) is 15.3 Å². The highest BCUT2D eigenvalue weighted by atomic mass is 35.5. The summed E-state index contributed by atoms with van der Waals surface area (Å²) in [7, 11) is 1.57. The molecule has 3 rings (SSSR count). The van der Waals surface area contributed by atoms with Gasteiger partial charge in [0.15, 0.2) is 17.2 Å². The van der Waals surface area contributed by atoms with Gasteiger partial charge in [-0.1, -0.05) is 17.7 Å². The van der Waals surface area contributed by atoms with Crippen LogP contribution in [0.2, 0.25) is 5.02 Å². The molecule has 30 heavy (non-hydrogen) atoms. The van der Waals surface area contributed by atoms with E-state index in [4.69, 9.17) is 25.8 Å². The number of aromatic nitrogens is 2. The van der Waals surface area contributed by atoms with Gasteiger partial charge in [0.1, 0.15) is 6.61 Å². The molecule has 0 saturated heterocycles. The third-order valence-electron chi connectivity index (χ3n) is 4.15. The fraction of sp³-hybridized carbons (Fsp3) is 0.227. The maximum Gasteiger partial charge on any atom is 0.271 e. The molecule has 0 aliphatic heterocycles. The van der Waals surface area contributed by atoms with E-state index in [9.17, 15) is 4.79 Å². The number of nitrogens with zero attached hydrogens (tertiary/aromatic N) is 2. The lowest BCUT2D eigenvalue weighted by atomic mass is 10.2. The van der Waals surface area contributed by atoms with Crippen LogP contribution in [-0.4, -0.2) is 29.6 Å². The summed E-state index contributed by atoms with van der Waals surface area (Å²) >= 11 is 6.11. The van der Waals surface area contributed by atoms with Crippen molar-refractivity contribution in [2.24, 2.45) is 0 Å². The first-order valence-corrected chi connectivity index (χ1v) is 9.74. The van der Waals surface area contributed by atoms with Crippen LogP contribution in [-0.2, 0) is 13.2 Å². The van der Waals surface area contributed by atoms with Crippen LogP contribution in [0.1, 0.15) is 28.5 Å². The van der Waals surface area contributed by atoms with Gasteiger partial charge in [0.05, 0.1) is 18.7 Å². The summed E-state index contributed by atoms with van der Waals surface area (Å²) in [5.41, 5.74) is 1.96. The van der Waals surface area contributed by atoms with E-state index < -0.39 is 5.91 Å². The van der Waals surface area contributed by atoms with E-state index in [0.717, 1.165) is 11.1 Å². The molecule has 0 unspecified atom stereocenters. The number of pyridine rings is 2. The molecule has 7 nitrogen and oxygen atoms in total. The van der Waals surface area contributed by atoms with Crippen LogP contribution in [0, 0.1) is 0 Å². The highest BCUT2D eigenvalue weighted by Gasteiger charge is 2.14. The topological polar surface area (TPSA) is 82.6 Å². The molecule has 0 atom stereocenters. The number of hydrogen-bond acceptors (Lipinski definition) is 6. The fourth-order valence-electron chi connectivity index (χ4n) is 2.66. The molecule has 0 saturated carbocycles. The number of carbonyl (C=O) groups is 1. The molecule has 3 aromatic rings. The molecule has 0 aliphatic rings. The zero-order valence-electron chi connectivity index (χ0n) is 16.7. The number of ether oxygens (including phenoxy) is 3. The molecule has 0 radical (unpaired) electrons. The Labute approximate surface area is 180 Å². The molecule has 1 amide bonds. The molecule has 2 aromatic heterocycles. The molecule has 156 valence electrons. The van der Waals surface area contributed by atoms with E-state index in [2.05, 4.69) is 15.3 Å². The van der Waals surface area contributed by atoms with Crippen molar-refractivity contribution in [1.29, 1.82) is 0 Å². The monoisotopic (exact) mass is 427 g/mol. The number of nitrogens with one attached hydrogen (secondary N) is 1. The molecule has 0 fully saturated rings. The molecule has 2 heterocycles. The Kier molecular flexibility index (Phi) is 7.45. The lowest BCUT2D eigenvalue weighted by molar-refractivity contribution is 0.0945. The van der Waals surface area contributed by atoms with E-state index >= 15 is 0 Å². The quantitative estimate of drug-likeness (QED) is 0.554. The summed E-state index contributed by atoms with van der Waals surface area (Å²) in [6, 6.07) is 12.5. The molecule has 8 heteroatoms. The van der Waals surface area contributed by atoms with Crippen LogP contribution in [0.15, 0.2) is 54.9 Å². The van der Waals surface area contributed by atoms with Gasteiger partial charge < -0.3 is 19.5 Å². The fourth-order valence-corrected chi connectivity index (χ4v) is 2.85. The first-order chi connectivity index (χ1) is 14.6. The van der Waals surface area contributed by atoms with Gasteiger partial charge in [-0.15, -0.1) is 0 Å². The smallest absolute Gasteiger partial charge is 0.271 e. The van der Waals surface area contributed by atoms with Gasteiger partial charge in [-0.3, -0.25) is 9.78 Å². The van der Waals surface area contributed by atoms with Gasteiger partial charge in [0, 0.05) is 25.0 Å². The summed E-state index contributed by atoms with van der Waals surface area (Å²) in [5, 5.41) is 3.07. The minimum absolute atomic E-state index is 0.117. The van der Waals surface area contributed by atoms with Crippen LogP contribution >= 0.6 is 11.6 Å². The van der Waals surface area contributed by atoms with Crippen molar-refractivity contribution in [3.8, 4) is 17.4 Å². The second-order valence-corrected chi connectivity index (χ2v) is 6.63. The average molecular weight is 428 g/mol. The number of carbonyl (C=O) groups excluding carboxylic acids is 1. The number of hydrogen-bond donors (Lipinski definition) is 1. The van der Waals surface area contributed by atoms with Crippen molar-refractivity contribution in [3.63, 3.8) is 0 Å². The number of benzene rings is 1. The van der Waals surface area contributed by atoms with Crippen LogP contribution in [0.3, 0.4) is 0 Å². The van der Waals surface area contributed by atoms with Crippen LogP contribution in [0.4, 0.5) is 0 Å². The SMILES string of the molecule is CCOc1ccc(Cl)c(C(=O)NCc2ccc(OCc3ccncc3)c(OC)c2)n1. The summed E-state index contributed by atoms with van der Waals surface area (Å²) < 4.78 is 16.6.